The van der Waals surface area contributed by atoms with Gasteiger partial charge in [-0.05, 0) is 25.1 Å². The Morgan fingerprint density at radius 2 is 2.06 bits per heavy atom. The Labute approximate surface area is 110 Å². The predicted molar refractivity (Wildman–Crippen MR) is 73.3 cm³/mol. The van der Waals surface area contributed by atoms with Crippen molar-refractivity contribution in [2.75, 3.05) is 17.1 Å². The molecule has 2 aromatic heterocycles. The van der Waals surface area contributed by atoms with Crippen molar-refractivity contribution in [2.24, 2.45) is 0 Å². The van der Waals surface area contributed by atoms with E-state index in [0.29, 0.717) is 15.6 Å². The van der Waals surface area contributed by atoms with E-state index in [1.165, 1.54) is 35.1 Å². The Hall–Kier alpha value is -1.60. The van der Waals surface area contributed by atoms with Crippen LogP contribution in [0.15, 0.2) is 34.8 Å². The van der Waals surface area contributed by atoms with E-state index in [4.69, 9.17) is 5.73 Å². The molecule has 2 aromatic rings. The number of pyridine rings is 1. The normalized spacial score (nSPS) is 11.4. The Morgan fingerprint density at radius 1 is 1.33 bits per heavy atom. The van der Waals surface area contributed by atoms with Crippen molar-refractivity contribution in [3.8, 4) is 0 Å². The summed E-state index contributed by atoms with van der Waals surface area (Å²) in [7, 11) is -2.07. The molecule has 5 nitrogen and oxygen atoms in total. The van der Waals surface area contributed by atoms with Crippen molar-refractivity contribution < 1.29 is 8.42 Å². The zero-order chi connectivity index (χ0) is 13.3. The number of anilines is 2. The Balaban J connectivity index is 2.46. The Kier molecular flexibility index (Phi) is 3.27. The van der Waals surface area contributed by atoms with Crippen LogP contribution in [-0.2, 0) is 10.0 Å². The molecule has 0 fully saturated rings. The highest BCUT2D eigenvalue weighted by Crippen LogP contribution is 2.29. The molecule has 7 heteroatoms. The smallest absolute Gasteiger partial charge is 0.273 e. The van der Waals surface area contributed by atoms with Crippen LogP contribution in [0.5, 0.6) is 0 Å². The van der Waals surface area contributed by atoms with Gasteiger partial charge < -0.3 is 5.73 Å². The summed E-state index contributed by atoms with van der Waals surface area (Å²) in [6, 6.07) is 4.96. The number of hydrogen-bond donors (Lipinski definition) is 1. The molecule has 0 aliphatic rings. The minimum Gasteiger partial charge on any atom is -0.396 e. The third-order valence-corrected chi connectivity index (χ3v) is 5.74. The highest BCUT2D eigenvalue weighted by molar-refractivity contribution is 7.94. The molecule has 0 saturated carbocycles. The molecular weight excluding hydrogens is 270 g/mol. The fourth-order valence-corrected chi connectivity index (χ4v) is 4.18. The van der Waals surface area contributed by atoms with Gasteiger partial charge in [-0.1, -0.05) is 0 Å². The SMILES string of the molecule is Cc1ccc(S(=O)(=O)N(C)c2ccncc2N)s1. The largest absolute Gasteiger partial charge is 0.396 e. The molecule has 0 saturated heterocycles. The van der Waals surface area contributed by atoms with Gasteiger partial charge in [-0.2, -0.15) is 0 Å². The van der Waals surface area contributed by atoms with Crippen LogP contribution in [0, 0.1) is 6.92 Å². The van der Waals surface area contributed by atoms with Gasteiger partial charge >= 0.3 is 0 Å². The molecule has 2 N–H and O–H groups in total. The van der Waals surface area contributed by atoms with E-state index in [-0.39, 0.29) is 0 Å². The standard InChI is InChI=1S/C11H13N3O2S2/c1-8-3-4-11(17-8)18(15,16)14(2)10-5-6-13-7-9(10)12/h3-7H,12H2,1-2H3. The van der Waals surface area contributed by atoms with Crippen molar-refractivity contribution in [3.05, 3.63) is 35.5 Å². The molecule has 2 heterocycles. The lowest BCUT2D eigenvalue weighted by Gasteiger charge is -2.19. The molecule has 0 amide bonds. The molecule has 0 bridgehead atoms. The molecule has 0 atom stereocenters. The lowest BCUT2D eigenvalue weighted by molar-refractivity contribution is 0.596. The molecule has 0 aromatic carbocycles. The number of aromatic nitrogens is 1. The highest BCUT2D eigenvalue weighted by Gasteiger charge is 2.24. The van der Waals surface area contributed by atoms with Gasteiger partial charge in [-0.25, -0.2) is 8.42 Å². The topological polar surface area (TPSA) is 76.3 Å². The number of aryl methyl sites for hydroxylation is 1. The van der Waals surface area contributed by atoms with Crippen molar-refractivity contribution >= 4 is 32.7 Å². The Morgan fingerprint density at radius 3 is 2.61 bits per heavy atom. The number of sulfonamides is 1. The highest BCUT2D eigenvalue weighted by atomic mass is 32.2. The van der Waals surface area contributed by atoms with E-state index in [1.807, 2.05) is 6.92 Å². The van der Waals surface area contributed by atoms with Crippen molar-refractivity contribution in [2.45, 2.75) is 11.1 Å². The first kappa shape index (κ1) is 12.8. The third-order valence-electron chi connectivity index (χ3n) is 2.50. The van der Waals surface area contributed by atoms with Crippen LogP contribution in [-0.4, -0.2) is 20.4 Å². The number of hydrogen-bond acceptors (Lipinski definition) is 5. The van der Waals surface area contributed by atoms with Crippen LogP contribution in [0.25, 0.3) is 0 Å². The van der Waals surface area contributed by atoms with Crippen molar-refractivity contribution in [1.29, 1.82) is 0 Å². The predicted octanol–water partition coefficient (Wildman–Crippen LogP) is 1.86. The molecule has 0 spiro atoms. The van der Waals surface area contributed by atoms with Gasteiger partial charge in [0, 0.05) is 18.1 Å². The zero-order valence-corrected chi connectivity index (χ0v) is 11.6. The number of rotatable bonds is 3. The lowest BCUT2D eigenvalue weighted by atomic mass is 10.3. The quantitative estimate of drug-likeness (QED) is 0.932. The summed E-state index contributed by atoms with van der Waals surface area (Å²) in [4.78, 5) is 4.79. The van der Waals surface area contributed by atoms with E-state index >= 15 is 0 Å². The monoisotopic (exact) mass is 283 g/mol. The number of nitrogens with two attached hydrogens (primary N) is 1. The van der Waals surface area contributed by atoms with Crippen LogP contribution < -0.4 is 10.0 Å². The summed E-state index contributed by atoms with van der Waals surface area (Å²) in [6.07, 6.45) is 2.94. The number of nitrogen functional groups attached to an aromatic ring is 1. The van der Waals surface area contributed by atoms with Gasteiger partial charge in [-0.3, -0.25) is 9.29 Å². The van der Waals surface area contributed by atoms with Gasteiger partial charge in [-0.15, -0.1) is 11.3 Å². The van der Waals surface area contributed by atoms with E-state index in [2.05, 4.69) is 4.98 Å². The first-order chi connectivity index (χ1) is 8.43. The second kappa shape index (κ2) is 4.58. The minimum atomic E-state index is -3.55. The summed E-state index contributed by atoms with van der Waals surface area (Å²) in [5.41, 5.74) is 6.49. The van der Waals surface area contributed by atoms with Gasteiger partial charge in [0.1, 0.15) is 4.21 Å². The molecule has 96 valence electrons. The summed E-state index contributed by atoms with van der Waals surface area (Å²) in [5.74, 6) is 0. The second-order valence-electron chi connectivity index (χ2n) is 3.77. The van der Waals surface area contributed by atoms with E-state index in [0.717, 1.165) is 4.88 Å². The van der Waals surface area contributed by atoms with Crippen LogP contribution >= 0.6 is 11.3 Å². The number of nitrogens with zero attached hydrogens (tertiary/aromatic N) is 2. The molecule has 0 aliphatic carbocycles. The summed E-state index contributed by atoms with van der Waals surface area (Å²) in [6.45, 7) is 1.87. The summed E-state index contributed by atoms with van der Waals surface area (Å²) in [5, 5.41) is 0. The van der Waals surface area contributed by atoms with Gasteiger partial charge in [0.05, 0.1) is 17.6 Å². The van der Waals surface area contributed by atoms with Gasteiger partial charge in [0.2, 0.25) is 0 Å². The van der Waals surface area contributed by atoms with Crippen LogP contribution in [0.3, 0.4) is 0 Å². The molecule has 0 aliphatic heterocycles. The molecule has 0 radical (unpaired) electrons. The van der Waals surface area contributed by atoms with Gasteiger partial charge in [0.25, 0.3) is 10.0 Å². The van der Waals surface area contributed by atoms with Crippen molar-refractivity contribution in [3.63, 3.8) is 0 Å². The molecule has 18 heavy (non-hydrogen) atoms. The van der Waals surface area contributed by atoms with Crippen LogP contribution in [0.4, 0.5) is 11.4 Å². The fourth-order valence-electron chi connectivity index (χ4n) is 1.50. The summed E-state index contributed by atoms with van der Waals surface area (Å²) < 4.78 is 26.2. The van der Waals surface area contributed by atoms with Crippen LogP contribution in [0.1, 0.15) is 4.88 Å². The second-order valence-corrected chi connectivity index (χ2v) is 7.26. The van der Waals surface area contributed by atoms with Crippen molar-refractivity contribution in [1.82, 2.24) is 4.98 Å². The minimum absolute atomic E-state index is 0.304. The van der Waals surface area contributed by atoms with E-state index in [9.17, 15) is 8.42 Å². The fraction of sp³-hybridized carbons (Fsp3) is 0.182. The third kappa shape index (κ3) is 2.19. The molecule has 2 rings (SSSR count). The maximum atomic E-state index is 12.4. The first-order valence-electron chi connectivity index (χ1n) is 5.18. The maximum Gasteiger partial charge on any atom is 0.273 e. The first-order valence-corrected chi connectivity index (χ1v) is 7.43. The average Bonchev–Trinajstić information content (AvgIpc) is 2.76. The zero-order valence-electron chi connectivity index (χ0n) is 9.99. The van der Waals surface area contributed by atoms with Gasteiger partial charge in [0.15, 0.2) is 0 Å². The van der Waals surface area contributed by atoms with E-state index in [1.54, 1.807) is 18.2 Å². The lowest BCUT2D eigenvalue weighted by Crippen LogP contribution is -2.26. The maximum absolute atomic E-state index is 12.4. The van der Waals surface area contributed by atoms with E-state index < -0.39 is 10.0 Å². The van der Waals surface area contributed by atoms with Crippen LogP contribution in [0.2, 0.25) is 0 Å². The Bertz CT molecular complexity index is 664. The summed E-state index contributed by atoms with van der Waals surface area (Å²) >= 11 is 1.24. The average molecular weight is 283 g/mol. The molecular formula is C11H13N3O2S2. The number of thiophene rings is 1. The molecule has 0 unspecified atom stereocenters.